The molecule has 0 fully saturated rings. The zero-order valence-electron chi connectivity index (χ0n) is 13.1. The van der Waals surface area contributed by atoms with Gasteiger partial charge in [-0.25, -0.2) is 9.48 Å². The minimum absolute atomic E-state index is 0.142. The van der Waals surface area contributed by atoms with Crippen molar-refractivity contribution in [1.82, 2.24) is 20.3 Å². The summed E-state index contributed by atoms with van der Waals surface area (Å²) in [5, 5.41) is 21.6. The summed E-state index contributed by atoms with van der Waals surface area (Å²) in [7, 11) is 0. The van der Waals surface area contributed by atoms with Crippen LogP contribution in [0.5, 0.6) is 0 Å². The van der Waals surface area contributed by atoms with E-state index >= 15 is 0 Å². The number of nitrogens with one attached hydrogen (secondary N) is 2. The highest BCUT2D eigenvalue weighted by Crippen LogP contribution is 2.13. The van der Waals surface area contributed by atoms with Crippen molar-refractivity contribution in [1.29, 1.82) is 0 Å². The SMILES string of the molecule is O=C(Cn1cc(C(=O)O)nn1)NCCCC(=O)Nc1ccc(Cl)cc1. The van der Waals surface area contributed by atoms with Crippen molar-refractivity contribution in [3.05, 3.63) is 41.2 Å². The average molecular weight is 366 g/mol. The van der Waals surface area contributed by atoms with Crippen LogP contribution in [0, 0.1) is 0 Å². The highest BCUT2D eigenvalue weighted by Gasteiger charge is 2.10. The van der Waals surface area contributed by atoms with E-state index in [0.29, 0.717) is 23.7 Å². The Morgan fingerprint density at radius 2 is 1.88 bits per heavy atom. The van der Waals surface area contributed by atoms with E-state index in [-0.39, 0.29) is 30.5 Å². The second kappa shape index (κ2) is 8.78. The Kier molecular flexibility index (Phi) is 6.47. The first kappa shape index (κ1) is 18.4. The van der Waals surface area contributed by atoms with E-state index in [9.17, 15) is 14.4 Å². The number of aromatic carboxylic acids is 1. The van der Waals surface area contributed by atoms with Gasteiger partial charge in [0.1, 0.15) is 6.54 Å². The molecule has 2 rings (SSSR count). The predicted molar refractivity (Wildman–Crippen MR) is 89.3 cm³/mol. The van der Waals surface area contributed by atoms with Gasteiger partial charge in [-0.2, -0.15) is 0 Å². The van der Waals surface area contributed by atoms with Gasteiger partial charge in [0.05, 0.1) is 6.20 Å². The van der Waals surface area contributed by atoms with Crippen molar-refractivity contribution >= 4 is 35.1 Å². The lowest BCUT2D eigenvalue weighted by molar-refractivity contribution is -0.122. The Balaban J connectivity index is 1.64. The maximum absolute atomic E-state index is 11.8. The molecule has 9 nitrogen and oxygen atoms in total. The molecule has 0 saturated heterocycles. The summed E-state index contributed by atoms with van der Waals surface area (Å²) in [5.74, 6) is -1.72. The summed E-state index contributed by atoms with van der Waals surface area (Å²) in [6.07, 6.45) is 1.87. The fraction of sp³-hybridized carbons (Fsp3) is 0.267. The maximum Gasteiger partial charge on any atom is 0.358 e. The molecule has 0 aliphatic carbocycles. The van der Waals surface area contributed by atoms with E-state index in [4.69, 9.17) is 16.7 Å². The molecule has 132 valence electrons. The predicted octanol–water partition coefficient (Wildman–Crippen LogP) is 1.16. The average Bonchev–Trinajstić information content (AvgIpc) is 3.02. The first-order chi connectivity index (χ1) is 11.9. The number of carboxylic acids is 1. The number of rotatable bonds is 8. The lowest BCUT2D eigenvalue weighted by Crippen LogP contribution is -2.29. The fourth-order valence-corrected chi connectivity index (χ4v) is 2.04. The molecule has 2 aromatic rings. The van der Waals surface area contributed by atoms with Gasteiger partial charge in [0.2, 0.25) is 11.8 Å². The third-order valence-corrected chi connectivity index (χ3v) is 3.35. The van der Waals surface area contributed by atoms with Gasteiger partial charge in [0.15, 0.2) is 5.69 Å². The molecule has 1 heterocycles. The first-order valence-electron chi connectivity index (χ1n) is 7.39. The van der Waals surface area contributed by atoms with Crippen LogP contribution >= 0.6 is 11.6 Å². The molecule has 0 unspecified atom stereocenters. The summed E-state index contributed by atoms with van der Waals surface area (Å²) >= 11 is 5.76. The number of amides is 2. The summed E-state index contributed by atoms with van der Waals surface area (Å²) in [5.41, 5.74) is 0.422. The lowest BCUT2D eigenvalue weighted by atomic mass is 10.2. The number of nitrogens with zero attached hydrogens (tertiary/aromatic N) is 3. The third-order valence-electron chi connectivity index (χ3n) is 3.09. The number of carbonyl (C=O) groups excluding carboxylic acids is 2. The molecular formula is C15H16ClN5O4. The van der Waals surface area contributed by atoms with Crippen LogP contribution in [0.3, 0.4) is 0 Å². The number of carboxylic acid groups (broad SMARTS) is 1. The summed E-state index contributed by atoms with van der Waals surface area (Å²) < 4.78 is 1.13. The smallest absolute Gasteiger partial charge is 0.358 e. The molecule has 1 aromatic carbocycles. The largest absolute Gasteiger partial charge is 0.476 e. The van der Waals surface area contributed by atoms with Gasteiger partial charge in [0.25, 0.3) is 0 Å². The van der Waals surface area contributed by atoms with Crippen LogP contribution in [-0.4, -0.2) is 44.4 Å². The van der Waals surface area contributed by atoms with Crippen molar-refractivity contribution in [3.63, 3.8) is 0 Å². The highest BCUT2D eigenvalue weighted by atomic mass is 35.5. The van der Waals surface area contributed by atoms with Crippen LogP contribution in [0.1, 0.15) is 23.3 Å². The van der Waals surface area contributed by atoms with Gasteiger partial charge in [-0.3, -0.25) is 9.59 Å². The van der Waals surface area contributed by atoms with Crippen LogP contribution < -0.4 is 10.6 Å². The molecule has 3 N–H and O–H groups in total. The number of carbonyl (C=O) groups is 3. The van der Waals surface area contributed by atoms with Gasteiger partial charge < -0.3 is 15.7 Å². The van der Waals surface area contributed by atoms with Crippen molar-refractivity contribution in [2.24, 2.45) is 0 Å². The fourth-order valence-electron chi connectivity index (χ4n) is 1.91. The van der Waals surface area contributed by atoms with Gasteiger partial charge in [-0.15, -0.1) is 5.10 Å². The Morgan fingerprint density at radius 1 is 1.16 bits per heavy atom. The molecule has 2 amide bonds. The molecule has 1 aromatic heterocycles. The van der Waals surface area contributed by atoms with Crippen LogP contribution in [0.25, 0.3) is 0 Å². The monoisotopic (exact) mass is 365 g/mol. The Labute approximate surface area is 148 Å². The summed E-state index contributed by atoms with van der Waals surface area (Å²) in [4.78, 5) is 34.1. The molecule has 0 aliphatic rings. The van der Waals surface area contributed by atoms with E-state index in [1.165, 1.54) is 6.20 Å². The molecule has 0 saturated carbocycles. The minimum Gasteiger partial charge on any atom is -0.476 e. The second-order valence-electron chi connectivity index (χ2n) is 5.12. The van der Waals surface area contributed by atoms with Gasteiger partial charge in [-0.05, 0) is 30.7 Å². The zero-order valence-corrected chi connectivity index (χ0v) is 13.9. The van der Waals surface area contributed by atoms with Crippen LogP contribution in [0.2, 0.25) is 5.02 Å². The number of halogens is 1. The molecule has 0 spiro atoms. The van der Waals surface area contributed by atoms with Crippen molar-refractivity contribution in [2.45, 2.75) is 19.4 Å². The molecule has 25 heavy (non-hydrogen) atoms. The number of hydrogen-bond donors (Lipinski definition) is 3. The van der Waals surface area contributed by atoms with Crippen molar-refractivity contribution in [2.75, 3.05) is 11.9 Å². The molecule has 0 bridgehead atoms. The van der Waals surface area contributed by atoms with Crippen LogP contribution in [-0.2, 0) is 16.1 Å². The molecule has 0 atom stereocenters. The van der Waals surface area contributed by atoms with Gasteiger partial charge in [0, 0.05) is 23.7 Å². The van der Waals surface area contributed by atoms with E-state index in [1.54, 1.807) is 24.3 Å². The number of aromatic nitrogens is 3. The molecule has 10 heteroatoms. The Bertz CT molecular complexity index is 760. The van der Waals surface area contributed by atoms with E-state index < -0.39 is 5.97 Å². The van der Waals surface area contributed by atoms with Gasteiger partial charge >= 0.3 is 5.97 Å². The van der Waals surface area contributed by atoms with Crippen molar-refractivity contribution < 1.29 is 19.5 Å². The standard InChI is InChI=1S/C15H16ClN5O4/c16-10-3-5-11(6-4-10)18-13(22)2-1-7-17-14(23)9-21-8-12(15(24)25)19-20-21/h3-6,8H,1-2,7,9H2,(H,17,23)(H,18,22)(H,24,25). The quantitative estimate of drug-likeness (QED) is 0.603. The number of benzene rings is 1. The molecular weight excluding hydrogens is 350 g/mol. The lowest BCUT2D eigenvalue weighted by Gasteiger charge is -2.06. The molecule has 0 radical (unpaired) electrons. The van der Waals surface area contributed by atoms with Gasteiger partial charge in [-0.1, -0.05) is 16.8 Å². The van der Waals surface area contributed by atoms with Crippen molar-refractivity contribution in [3.8, 4) is 0 Å². The van der Waals surface area contributed by atoms with Crippen LogP contribution in [0.4, 0.5) is 5.69 Å². The molecule has 0 aliphatic heterocycles. The minimum atomic E-state index is -1.21. The maximum atomic E-state index is 11.8. The summed E-state index contributed by atoms with van der Waals surface area (Å²) in [6.45, 7) is 0.171. The Hall–Kier alpha value is -2.94. The van der Waals surface area contributed by atoms with Crippen LogP contribution in [0.15, 0.2) is 30.5 Å². The first-order valence-corrected chi connectivity index (χ1v) is 7.77. The number of hydrogen-bond acceptors (Lipinski definition) is 5. The Morgan fingerprint density at radius 3 is 2.52 bits per heavy atom. The topological polar surface area (TPSA) is 126 Å². The van der Waals surface area contributed by atoms with E-state index in [2.05, 4.69) is 20.9 Å². The summed E-state index contributed by atoms with van der Waals surface area (Å²) in [6, 6.07) is 6.76. The second-order valence-corrected chi connectivity index (χ2v) is 5.55. The third kappa shape index (κ3) is 6.22. The van der Waals surface area contributed by atoms with E-state index in [0.717, 1.165) is 4.68 Å². The zero-order chi connectivity index (χ0) is 18.2. The normalized spacial score (nSPS) is 10.3. The highest BCUT2D eigenvalue weighted by molar-refractivity contribution is 6.30. The number of anilines is 1. The van der Waals surface area contributed by atoms with E-state index in [1.807, 2.05) is 0 Å².